The number of cyclic esters (lactones) is 2. The van der Waals surface area contributed by atoms with Gasteiger partial charge in [0.25, 0.3) is 0 Å². The summed E-state index contributed by atoms with van der Waals surface area (Å²) in [5.74, 6) is -3.39. The van der Waals surface area contributed by atoms with Gasteiger partial charge in [-0.3, -0.25) is 14.7 Å². The van der Waals surface area contributed by atoms with E-state index in [-0.39, 0.29) is 38.3 Å². The number of para-hydroxylation sites is 1. The summed E-state index contributed by atoms with van der Waals surface area (Å²) in [5.41, 5.74) is 0.682. The van der Waals surface area contributed by atoms with E-state index in [4.69, 9.17) is 33.2 Å². The maximum absolute atomic E-state index is 15.8. The van der Waals surface area contributed by atoms with Crippen molar-refractivity contribution >= 4 is 28.7 Å². The average Bonchev–Trinajstić information content (AvgIpc) is 1.51. The summed E-state index contributed by atoms with van der Waals surface area (Å²) in [6, 6.07) is 21.4. The molecule has 0 radical (unpaired) electrons. The number of benzene rings is 3. The summed E-state index contributed by atoms with van der Waals surface area (Å²) in [6.45, 7) is 19.9. The largest absolute Gasteiger partial charge is 0.459 e. The molecule has 0 bridgehead atoms. The lowest BCUT2D eigenvalue weighted by molar-refractivity contribution is -0.318. The molecule has 3 aromatic carbocycles. The number of halogens is 1. The number of methoxy groups -OCH3 is 1. The number of nitrogens with one attached hydrogen (secondary N) is 1. The van der Waals surface area contributed by atoms with Gasteiger partial charge in [0.1, 0.15) is 41.9 Å². The van der Waals surface area contributed by atoms with Crippen molar-refractivity contribution in [3.8, 4) is 11.1 Å². The molecule has 4 aliphatic rings. The summed E-state index contributed by atoms with van der Waals surface area (Å²) in [7, 11) is 5.21. The number of aliphatic hydroxyl groups excluding tert-OH is 3. The molecule has 19 atom stereocenters. The Morgan fingerprint density at radius 3 is 2.33 bits per heavy atom. The Morgan fingerprint density at radius 2 is 1.62 bits per heavy atom. The molecule has 1 unspecified atom stereocenters. The molecular weight excluding hydrogens is 1170 g/mol. The van der Waals surface area contributed by atoms with Crippen molar-refractivity contribution in [3.05, 3.63) is 108 Å². The van der Waals surface area contributed by atoms with Crippen LogP contribution >= 0.6 is 0 Å². The van der Waals surface area contributed by atoms with Crippen LogP contribution in [0.4, 0.5) is 14.9 Å². The number of ether oxygens (including phenoxy) is 7. The number of amides is 1. The van der Waals surface area contributed by atoms with Gasteiger partial charge in [-0.15, -0.1) is 5.10 Å². The smallest absolute Gasteiger partial charge is 0.414 e. The third kappa shape index (κ3) is 16.0. The molecule has 4 fully saturated rings. The van der Waals surface area contributed by atoms with Gasteiger partial charge in [-0.2, -0.15) is 0 Å². The molecule has 0 spiro atoms. The van der Waals surface area contributed by atoms with E-state index >= 15 is 4.39 Å². The van der Waals surface area contributed by atoms with Crippen molar-refractivity contribution in [2.24, 2.45) is 17.8 Å². The zero-order valence-electron chi connectivity index (χ0n) is 55.0. The topological polar surface area (TPSA) is 265 Å². The Morgan fingerprint density at radius 1 is 0.879 bits per heavy atom. The van der Waals surface area contributed by atoms with Crippen LogP contribution in [0.3, 0.4) is 0 Å². The lowest BCUT2D eigenvalue weighted by Gasteiger charge is -2.49. The van der Waals surface area contributed by atoms with Crippen LogP contribution in [-0.4, -0.2) is 205 Å². The highest BCUT2D eigenvalue weighted by Crippen LogP contribution is 2.41. The Labute approximate surface area is 534 Å². The highest BCUT2D eigenvalue weighted by molar-refractivity contribution is 5.90. The predicted molar refractivity (Wildman–Crippen MR) is 339 cm³/mol. The van der Waals surface area contributed by atoms with Crippen molar-refractivity contribution in [2.45, 2.75) is 217 Å². The van der Waals surface area contributed by atoms with Gasteiger partial charge in [0.05, 0.1) is 71.5 Å². The first kappa shape index (κ1) is 69.7. The Kier molecular flexibility index (Phi) is 22.5. The minimum absolute atomic E-state index is 0.0759. The van der Waals surface area contributed by atoms with Gasteiger partial charge in [0.15, 0.2) is 12.6 Å². The van der Waals surface area contributed by atoms with Crippen LogP contribution in [-0.2, 0) is 64.0 Å². The first-order valence-electron chi connectivity index (χ1n) is 32.2. The molecule has 4 aliphatic heterocycles. The quantitative estimate of drug-likeness (QED) is 0.0494. The van der Waals surface area contributed by atoms with Crippen molar-refractivity contribution in [3.63, 3.8) is 0 Å². The Bertz CT molecular complexity index is 3230. The highest BCUT2D eigenvalue weighted by Gasteiger charge is 2.53. The molecule has 2 aromatic heterocycles. The first-order valence-corrected chi connectivity index (χ1v) is 32.2. The van der Waals surface area contributed by atoms with Gasteiger partial charge < -0.3 is 73.8 Å². The first-order chi connectivity index (χ1) is 43.1. The van der Waals surface area contributed by atoms with Crippen molar-refractivity contribution in [1.29, 1.82) is 0 Å². The lowest BCUT2D eigenvalue weighted by Crippen LogP contribution is -2.61. The fourth-order valence-corrected chi connectivity index (χ4v) is 14.1. The molecule has 6 heterocycles. The number of fused-ring (bicyclic) bond motifs is 1. The number of aliphatic hydroxyl groups is 5. The second kappa shape index (κ2) is 29.3. The number of likely N-dealkylation sites (N-methyl/N-ethyl adjacent to an activating group) is 2. The maximum atomic E-state index is 15.8. The molecule has 1 amide bonds. The zero-order valence-corrected chi connectivity index (χ0v) is 55.0. The van der Waals surface area contributed by atoms with E-state index in [1.165, 1.54) is 25.0 Å². The fraction of sp³-hybridized carbons (Fsp3) is 0.632. The number of pyridine rings is 1. The van der Waals surface area contributed by atoms with Crippen molar-refractivity contribution < 1.29 is 72.7 Å². The number of hydrogen-bond donors (Lipinski definition) is 6. The van der Waals surface area contributed by atoms with Crippen LogP contribution in [0.5, 0.6) is 0 Å². The van der Waals surface area contributed by atoms with E-state index in [1.807, 2.05) is 92.5 Å². The molecule has 4 saturated heterocycles. The molecule has 5 aromatic rings. The summed E-state index contributed by atoms with van der Waals surface area (Å²) >= 11 is 0. The number of nitrogens with zero attached hydrogens (tertiary/aromatic N) is 7. The van der Waals surface area contributed by atoms with Gasteiger partial charge in [0, 0.05) is 87.5 Å². The summed E-state index contributed by atoms with van der Waals surface area (Å²) in [4.78, 5) is 37.6. The number of rotatable bonds is 18. The van der Waals surface area contributed by atoms with E-state index in [0.717, 1.165) is 22.0 Å². The van der Waals surface area contributed by atoms with Crippen LogP contribution < -0.4 is 10.2 Å². The molecule has 0 aliphatic carbocycles. The second-order valence-electron chi connectivity index (χ2n) is 26.9. The van der Waals surface area contributed by atoms with Gasteiger partial charge in [0.2, 0.25) is 0 Å². The minimum atomic E-state index is -1.86. The average molecular weight is 1270 g/mol. The van der Waals surface area contributed by atoms with Gasteiger partial charge in [-0.1, -0.05) is 68.4 Å². The number of aromatic nitrogens is 4. The molecule has 23 heteroatoms. The van der Waals surface area contributed by atoms with Gasteiger partial charge in [-0.25, -0.2) is 13.9 Å². The van der Waals surface area contributed by atoms with Crippen molar-refractivity contribution in [2.75, 3.05) is 45.7 Å². The monoisotopic (exact) mass is 1270 g/mol. The SMILES string of the molecule is CC[C@H]1OC(=O)[C@H](C)[C@@H](O[C@H]2C[C@@](C)(OC)[C@@H](O)[C@H](C)O2)[C@H](C)[C@@H](O[C@@H]2O[C@H](C)C[C@H](N(C)CCc3cn(CC4CN(c5ccc(-c6ccc(CNCc7ccnc8ccccc78)cc6)c(F)c5)C(=O)O4)nn3)[C@H]2O)[C@](C)(O)C[C@@H](C)CN(C)[C@H](C)[C@@H](O)[C@]1(C)O. The molecule has 9 rings (SSSR count). The minimum Gasteiger partial charge on any atom is -0.459 e. The zero-order chi connectivity index (χ0) is 65.9. The Balaban J connectivity index is 0.841. The van der Waals surface area contributed by atoms with Crippen LogP contribution in [0.1, 0.15) is 112 Å². The number of hydrogen-bond acceptors (Lipinski definition) is 20. The van der Waals surface area contributed by atoms with Crippen LogP contribution in [0.25, 0.3) is 22.0 Å². The fourth-order valence-electron chi connectivity index (χ4n) is 14.1. The van der Waals surface area contributed by atoms with E-state index in [1.54, 1.807) is 71.5 Å². The number of carbonyl (C=O) groups excluding carboxylic acids is 2. The van der Waals surface area contributed by atoms with E-state index in [2.05, 4.69) is 26.7 Å². The van der Waals surface area contributed by atoms with Gasteiger partial charge >= 0.3 is 12.1 Å². The molecule has 500 valence electrons. The third-order valence-electron chi connectivity index (χ3n) is 19.6. The number of anilines is 1. The Hall–Kier alpha value is -5.64. The molecular formula is C68H97FN8O14. The third-order valence-corrected chi connectivity index (χ3v) is 19.6. The second-order valence-corrected chi connectivity index (χ2v) is 26.9. The lowest BCUT2D eigenvalue weighted by atomic mass is 9.77. The molecule has 6 N–H and O–H groups in total. The molecule has 0 saturated carbocycles. The highest BCUT2D eigenvalue weighted by atomic mass is 19.1. The summed E-state index contributed by atoms with van der Waals surface area (Å²) in [6.07, 6.45) is -6.75. The van der Waals surface area contributed by atoms with Gasteiger partial charge in [-0.05, 0) is 135 Å². The van der Waals surface area contributed by atoms with Crippen LogP contribution in [0, 0.1) is 23.6 Å². The standard InChI is InChI=1S/C68H97FN8O14/c1-14-56-68(10,84)60(79)43(6)75(12)35-39(2)31-66(8,83)62(41(4)59(42(5)63(81)89-56)90-57-32-67(9,85-13)61(80)44(7)87-57)91-64-58(78)55(29-40(3)86-64)74(11)28-26-48-36-76(73-72-48)37-50-38-77(65(82)88-50)49-23-24-51(53(69)30-49)46-21-19-45(20-22-46)33-70-34-47-25-27-71-54-18-16-15-17-52(47)54/h15-25,27,30,36,39-44,50,55-62,64,70,78-80,83-84H,14,26,28-29,31-35,37-38H2,1-13H3/t39-,40-,41+,42-,43-,44+,50?,55+,56-,57+,58-,59+,60-,61+,62-,64+,66-,67-,68-/m1/s1. The van der Waals surface area contributed by atoms with E-state index in [9.17, 15) is 35.1 Å². The van der Waals surface area contributed by atoms with Crippen LogP contribution in [0.2, 0.25) is 0 Å². The van der Waals surface area contributed by atoms with Crippen molar-refractivity contribution in [1.82, 2.24) is 35.1 Å². The molecule has 91 heavy (non-hydrogen) atoms. The van der Waals surface area contributed by atoms with E-state index < -0.39 is 126 Å². The van der Waals surface area contributed by atoms with Crippen LogP contribution in [0.15, 0.2) is 85.2 Å². The normalized spacial score (nSPS) is 35.1. The summed E-state index contributed by atoms with van der Waals surface area (Å²) < 4.78 is 61.7. The molecule has 22 nitrogen and oxygen atoms in total. The number of carbonyl (C=O) groups is 2. The predicted octanol–water partition coefficient (Wildman–Crippen LogP) is 6.77. The van der Waals surface area contributed by atoms with E-state index in [0.29, 0.717) is 61.5 Å². The number of esters is 1. The maximum Gasteiger partial charge on any atom is 0.414 e. The summed E-state index contributed by atoms with van der Waals surface area (Å²) in [5, 5.41) is 73.5.